The molecule has 0 aromatic rings. The van der Waals surface area contributed by atoms with Crippen molar-refractivity contribution in [2.45, 2.75) is 0 Å². The molecule has 0 spiro atoms. The number of hydrogen-bond donors (Lipinski definition) is 0. The summed E-state index contributed by atoms with van der Waals surface area (Å²) in [5, 5.41) is 0. The van der Waals surface area contributed by atoms with Crippen LogP contribution >= 0.6 is 0 Å². The summed E-state index contributed by atoms with van der Waals surface area (Å²) >= 11 is 0. The normalized spacial score (nSPS) is 10.5. The second-order valence-electron chi connectivity index (χ2n) is 0.859. The third kappa shape index (κ3) is 5.40. The molecule has 0 saturated carbocycles. The largest absolute Gasteiger partial charge is 0.438 e. The van der Waals surface area contributed by atoms with Gasteiger partial charge in [0.25, 0.3) is 0 Å². The Morgan fingerprint density at radius 1 is 1.75 bits per heavy atom. The zero-order valence-electron chi connectivity index (χ0n) is 3.80. The maximum atomic E-state index is 11.2. The van der Waals surface area contributed by atoms with E-state index in [1.165, 1.54) is 0 Å². The molecule has 5 heteroatoms. The van der Waals surface area contributed by atoms with E-state index in [1.807, 2.05) is 0 Å². The van der Waals surface area contributed by atoms with Crippen molar-refractivity contribution in [3.8, 4) is 12.3 Å². The van der Waals surface area contributed by atoms with E-state index in [4.69, 9.17) is 0 Å². The third-order valence-corrected chi connectivity index (χ3v) is 0.682. The molecule has 3 nitrogen and oxygen atoms in total. The van der Waals surface area contributed by atoms with Crippen LogP contribution in [0.2, 0.25) is 0 Å². The van der Waals surface area contributed by atoms with Gasteiger partial charge < -0.3 is 0 Å². The highest BCUT2D eigenvalue weighted by Crippen LogP contribution is 1.90. The Kier molecular flexibility index (Phi) is 2.45. The SMILES string of the molecule is C#CCOS(=O)(=O)F. The summed E-state index contributed by atoms with van der Waals surface area (Å²) in [4.78, 5) is 0. The van der Waals surface area contributed by atoms with E-state index in [1.54, 1.807) is 5.92 Å². The van der Waals surface area contributed by atoms with E-state index in [9.17, 15) is 12.3 Å². The smallest absolute Gasteiger partial charge is 0.232 e. The van der Waals surface area contributed by atoms with Gasteiger partial charge in [-0.15, -0.1) is 6.42 Å². The molecule has 0 aliphatic heterocycles. The molecule has 0 aliphatic carbocycles. The molecule has 46 valence electrons. The Morgan fingerprint density at radius 2 is 2.25 bits per heavy atom. The fourth-order valence-corrected chi connectivity index (χ4v) is 0.313. The molecule has 0 unspecified atom stereocenters. The molecule has 0 aromatic heterocycles. The van der Waals surface area contributed by atoms with Crippen molar-refractivity contribution in [2.24, 2.45) is 0 Å². The van der Waals surface area contributed by atoms with Crippen molar-refractivity contribution in [3.63, 3.8) is 0 Å². The van der Waals surface area contributed by atoms with Gasteiger partial charge in [0.15, 0.2) is 0 Å². The minimum atomic E-state index is -4.83. The first kappa shape index (κ1) is 7.40. The number of terminal acetylenes is 1. The lowest BCUT2D eigenvalue weighted by Crippen LogP contribution is -1.97. The predicted octanol–water partition coefficient (Wildman–Crippen LogP) is -0.149. The van der Waals surface area contributed by atoms with Gasteiger partial charge in [-0.25, -0.2) is 4.18 Å². The second kappa shape index (κ2) is 2.64. The fraction of sp³-hybridized carbons (Fsp3) is 0.333. The summed E-state index contributed by atoms with van der Waals surface area (Å²) < 4.78 is 33.5. The molecule has 0 aromatic carbocycles. The zero-order chi connectivity index (χ0) is 6.62. The summed E-state index contributed by atoms with van der Waals surface area (Å²) in [6, 6.07) is 0. The van der Waals surface area contributed by atoms with Crippen LogP contribution in [0.25, 0.3) is 0 Å². The molecule has 0 amide bonds. The van der Waals surface area contributed by atoms with Crippen LogP contribution in [0.5, 0.6) is 0 Å². The maximum absolute atomic E-state index is 11.2. The molecular formula is C3H3FO3S. The molecular weight excluding hydrogens is 135 g/mol. The van der Waals surface area contributed by atoms with E-state index in [-0.39, 0.29) is 0 Å². The number of halogens is 1. The van der Waals surface area contributed by atoms with Crippen LogP contribution in [0.15, 0.2) is 0 Å². The average molecular weight is 138 g/mol. The second-order valence-corrected chi connectivity index (χ2v) is 1.88. The first-order chi connectivity index (χ1) is 3.56. The molecule has 0 aliphatic rings. The predicted molar refractivity (Wildman–Crippen MR) is 24.8 cm³/mol. The first-order valence-corrected chi connectivity index (χ1v) is 2.89. The van der Waals surface area contributed by atoms with E-state index in [0.717, 1.165) is 0 Å². The van der Waals surface area contributed by atoms with Crippen molar-refractivity contribution < 1.29 is 16.5 Å². The Balaban J connectivity index is 3.63. The lowest BCUT2D eigenvalue weighted by Gasteiger charge is -1.85. The Morgan fingerprint density at radius 3 is 2.38 bits per heavy atom. The van der Waals surface area contributed by atoms with Gasteiger partial charge in [-0.2, -0.15) is 8.42 Å². The van der Waals surface area contributed by atoms with Gasteiger partial charge in [0.1, 0.15) is 6.61 Å². The Bertz CT molecular complexity index is 187. The lowest BCUT2D eigenvalue weighted by molar-refractivity contribution is 0.333. The standard InChI is InChI=1S/C3H3FO3S/c1-2-3-7-8(4,5)6/h1H,3H2. The van der Waals surface area contributed by atoms with Crippen LogP contribution in [0, 0.1) is 12.3 Å². The fourth-order valence-electron chi connectivity index (χ4n) is 0.104. The van der Waals surface area contributed by atoms with Crippen molar-refractivity contribution in [2.75, 3.05) is 6.61 Å². The van der Waals surface area contributed by atoms with Crippen molar-refractivity contribution in [3.05, 3.63) is 0 Å². The van der Waals surface area contributed by atoms with Crippen molar-refractivity contribution in [1.29, 1.82) is 0 Å². The third-order valence-electron chi connectivity index (χ3n) is 0.283. The average Bonchev–Trinajstić information content (AvgIpc) is 1.59. The molecule has 0 radical (unpaired) electrons. The van der Waals surface area contributed by atoms with Crippen molar-refractivity contribution >= 4 is 10.5 Å². The van der Waals surface area contributed by atoms with Crippen LogP contribution in [-0.4, -0.2) is 15.0 Å². The molecule has 0 fully saturated rings. The summed E-state index contributed by atoms with van der Waals surface area (Å²) in [5.41, 5.74) is 0. The van der Waals surface area contributed by atoms with Gasteiger partial charge in [0.2, 0.25) is 0 Å². The highest BCUT2D eigenvalue weighted by Gasteiger charge is 2.03. The summed E-state index contributed by atoms with van der Waals surface area (Å²) in [7, 11) is -4.83. The highest BCUT2D eigenvalue weighted by molar-refractivity contribution is 7.81. The monoisotopic (exact) mass is 138 g/mol. The minimum absolute atomic E-state index is 0.557. The first-order valence-electron chi connectivity index (χ1n) is 1.59. The highest BCUT2D eigenvalue weighted by atomic mass is 32.3. The molecule has 0 heterocycles. The van der Waals surface area contributed by atoms with Gasteiger partial charge in [0, 0.05) is 0 Å². The van der Waals surface area contributed by atoms with Crippen LogP contribution in [0.3, 0.4) is 0 Å². The summed E-state index contributed by atoms with van der Waals surface area (Å²) in [6.07, 6.45) is 4.53. The van der Waals surface area contributed by atoms with E-state index < -0.39 is 17.1 Å². The molecule has 0 saturated heterocycles. The zero-order valence-corrected chi connectivity index (χ0v) is 4.61. The number of rotatable bonds is 2. The maximum Gasteiger partial charge on any atom is 0.438 e. The van der Waals surface area contributed by atoms with E-state index in [2.05, 4.69) is 10.6 Å². The Labute approximate surface area is 46.9 Å². The van der Waals surface area contributed by atoms with E-state index >= 15 is 0 Å². The quantitative estimate of drug-likeness (QED) is 0.393. The van der Waals surface area contributed by atoms with Gasteiger partial charge in [-0.1, -0.05) is 9.81 Å². The van der Waals surface area contributed by atoms with Gasteiger partial charge in [-0.3, -0.25) is 0 Å². The molecule has 8 heavy (non-hydrogen) atoms. The molecule has 0 rings (SSSR count). The minimum Gasteiger partial charge on any atom is -0.232 e. The van der Waals surface area contributed by atoms with E-state index in [0.29, 0.717) is 0 Å². The van der Waals surface area contributed by atoms with Gasteiger partial charge >= 0.3 is 10.5 Å². The van der Waals surface area contributed by atoms with Crippen LogP contribution < -0.4 is 0 Å². The van der Waals surface area contributed by atoms with Gasteiger partial charge in [0.05, 0.1) is 0 Å². The molecule has 0 N–H and O–H groups in total. The van der Waals surface area contributed by atoms with Crippen molar-refractivity contribution in [1.82, 2.24) is 0 Å². The lowest BCUT2D eigenvalue weighted by atomic mass is 10.8. The topological polar surface area (TPSA) is 43.4 Å². The summed E-state index contributed by atoms with van der Waals surface area (Å²) in [5.74, 6) is 1.78. The van der Waals surface area contributed by atoms with Crippen LogP contribution in [0.4, 0.5) is 3.89 Å². The molecule has 0 bridgehead atoms. The summed E-state index contributed by atoms with van der Waals surface area (Å²) in [6.45, 7) is -0.557. The Hall–Kier alpha value is -0.600. The number of hydrogen-bond acceptors (Lipinski definition) is 3. The van der Waals surface area contributed by atoms with Crippen LogP contribution in [-0.2, 0) is 14.7 Å². The van der Waals surface area contributed by atoms with Crippen LogP contribution in [0.1, 0.15) is 0 Å². The van der Waals surface area contributed by atoms with Gasteiger partial charge in [-0.05, 0) is 0 Å². The molecule has 0 atom stereocenters.